The minimum absolute atomic E-state index is 0.0504. The molecular weight excluding hydrogens is 514 g/mol. The Hall–Kier alpha value is -3.74. The molecule has 3 aromatic rings. The van der Waals surface area contributed by atoms with E-state index in [1.165, 1.54) is 11.3 Å². The molecule has 2 aliphatic rings. The number of halogens is 2. The van der Waals surface area contributed by atoms with E-state index in [4.69, 9.17) is 0 Å². The number of hydrogen-bond donors (Lipinski definition) is 3. The minimum atomic E-state index is -2.64. The Kier molecular flexibility index (Phi) is 7.72. The molecule has 5 rings (SSSR count). The fourth-order valence-electron chi connectivity index (χ4n) is 4.68. The molecule has 0 radical (unpaired) electrons. The first kappa shape index (κ1) is 25.9. The molecule has 38 heavy (non-hydrogen) atoms. The topological polar surface area (TPSA) is 125 Å². The Morgan fingerprint density at radius 1 is 1.03 bits per heavy atom. The first-order valence-corrected chi connectivity index (χ1v) is 13.3. The third-order valence-electron chi connectivity index (χ3n) is 6.68. The average Bonchev–Trinajstić information content (AvgIpc) is 3.55. The maximum Gasteiger partial charge on any atom is 0.251 e. The van der Waals surface area contributed by atoms with Gasteiger partial charge >= 0.3 is 0 Å². The molecule has 3 N–H and O–H groups in total. The molecule has 2 amide bonds. The molecule has 0 spiro atoms. The molecule has 1 saturated carbocycles. The van der Waals surface area contributed by atoms with Crippen LogP contribution < -0.4 is 20.9 Å². The predicted octanol–water partition coefficient (Wildman–Crippen LogP) is 3.51. The van der Waals surface area contributed by atoms with Gasteiger partial charge in [0.25, 0.3) is 5.91 Å². The Bertz CT molecular complexity index is 1270. The lowest BCUT2D eigenvalue weighted by Crippen LogP contribution is -2.40. The van der Waals surface area contributed by atoms with Crippen molar-refractivity contribution in [3.05, 3.63) is 53.7 Å². The quantitative estimate of drug-likeness (QED) is 0.395. The lowest BCUT2D eigenvalue weighted by molar-refractivity contribution is -0.115. The minimum Gasteiger partial charge on any atom is -0.355 e. The number of alkyl halides is 2. The van der Waals surface area contributed by atoms with Crippen molar-refractivity contribution in [3.63, 3.8) is 0 Å². The Morgan fingerprint density at radius 2 is 1.84 bits per heavy atom. The van der Waals surface area contributed by atoms with Crippen molar-refractivity contribution in [2.24, 2.45) is 0 Å². The summed E-state index contributed by atoms with van der Waals surface area (Å²) in [5.41, 5.74) is 1.05. The molecule has 1 aliphatic carbocycles. The molecule has 2 aromatic heterocycles. The first-order chi connectivity index (χ1) is 18.3. The fraction of sp³-hybridized carbons (Fsp3) is 0.440. The van der Waals surface area contributed by atoms with E-state index in [2.05, 4.69) is 41.2 Å². The van der Waals surface area contributed by atoms with Gasteiger partial charge < -0.3 is 20.9 Å². The number of rotatable bonds is 8. The second-order valence-electron chi connectivity index (χ2n) is 9.60. The van der Waals surface area contributed by atoms with E-state index in [1.54, 1.807) is 30.5 Å². The maximum absolute atomic E-state index is 13.4. The molecule has 1 aromatic carbocycles. The lowest BCUT2D eigenvalue weighted by atomic mass is 9.92. The number of aromatic nitrogens is 4. The molecule has 2 fully saturated rings. The van der Waals surface area contributed by atoms with Crippen LogP contribution in [0.5, 0.6) is 0 Å². The molecule has 0 unspecified atom stereocenters. The highest BCUT2D eigenvalue weighted by Gasteiger charge is 2.35. The molecule has 1 aliphatic heterocycles. The number of benzene rings is 1. The summed E-state index contributed by atoms with van der Waals surface area (Å²) in [6, 6.07) is 10.4. The molecule has 200 valence electrons. The third kappa shape index (κ3) is 6.77. The van der Waals surface area contributed by atoms with Gasteiger partial charge in [-0.2, -0.15) is 5.10 Å². The van der Waals surface area contributed by atoms with Crippen LogP contribution >= 0.6 is 11.3 Å². The summed E-state index contributed by atoms with van der Waals surface area (Å²) in [5.74, 6) is -2.42. The monoisotopic (exact) mass is 542 g/mol. The van der Waals surface area contributed by atoms with Gasteiger partial charge in [0.05, 0.1) is 6.42 Å². The molecule has 1 atom stereocenters. The Balaban J connectivity index is 1.10. The Labute approximate surface area is 222 Å². The van der Waals surface area contributed by atoms with E-state index >= 15 is 0 Å². The highest BCUT2D eigenvalue weighted by atomic mass is 32.1. The number of anilines is 3. The number of hydrogen-bond acceptors (Lipinski definition) is 9. The van der Waals surface area contributed by atoms with E-state index in [9.17, 15) is 18.4 Å². The number of amides is 2. The predicted molar refractivity (Wildman–Crippen MR) is 140 cm³/mol. The Morgan fingerprint density at radius 3 is 2.63 bits per heavy atom. The van der Waals surface area contributed by atoms with Gasteiger partial charge in [-0.15, -0.1) is 15.3 Å². The van der Waals surface area contributed by atoms with Crippen LogP contribution in [0.4, 0.5) is 24.9 Å². The highest BCUT2D eigenvalue weighted by molar-refractivity contribution is 7.19. The number of nitrogens with one attached hydrogen (secondary N) is 3. The van der Waals surface area contributed by atoms with Crippen LogP contribution in [0.2, 0.25) is 0 Å². The summed E-state index contributed by atoms with van der Waals surface area (Å²) >= 11 is 1.25. The van der Waals surface area contributed by atoms with Gasteiger partial charge in [0.2, 0.25) is 22.1 Å². The standard InChI is InChI=1S/C25H28F2N8O2S/c26-25(27)9-6-18(7-10-25)29-22(37)17-4-1-3-16(13-17)14-21(36)31-24-34-33-23(38-24)30-19-8-12-35(15-19)20-5-2-11-28-32-20/h1-5,11,13,18-19H,6-10,12,14-15H2,(H,29,37)(H,30,33)(H,31,34,36)/t19-/m1/s1. The van der Waals surface area contributed by atoms with Crippen molar-refractivity contribution >= 4 is 39.2 Å². The molecule has 0 bridgehead atoms. The van der Waals surface area contributed by atoms with Crippen LogP contribution in [0.15, 0.2) is 42.6 Å². The molecular formula is C25H28F2N8O2S. The van der Waals surface area contributed by atoms with Crippen LogP contribution in [0.1, 0.15) is 48.0 Å². The maximum atomic E-state index is 13.4. The van der Waals surface area contributed by atoms with Crippen molar-refractivity contribution in [2.75, 3.05) is 28.6 Å². The van der Waals surface area contributed by atoms with Gasteiger partial charge in [-0.3, -0.25) is 9.59 Å². The SMILES string of the molecule is O=C(Cc1cccc(C(=O)NC2CCC(F)(F)CC2)c1)Nc1nnc(N[C@@H]2CCN(c3cccnn3)C2)s1. The summed E-state index contributed by atoms with van der Waals surface area (Å²) in [6.07, 6.45) is 2.67. The lowest BCUT2D eigenvalue weighted by Gasteiger charge is -2.28. The van der Waals surface area contributed by atoms with Crippen LogP contribution in [0, 0.1) is 0 Å². The summed E-state index contributed by atoms with van der Waals surface area (Å²) < 4.78 is 26.7. The summed E-state index contributed by atoms with van der Waals surface area (Å²) in [4.78, 5) is 27.4. The number of carbonyl (C=O) groups is 2. The van der Waals surface area contributed by atoms with Crippen LogP contribution in [0.25, 0.3) is 0 Å². The second kappa shape index (κ2) is 11.3. The van der Waals surface area contributed by atoms with Crippen LogP contribution in [0.3, 0.4) is 0 Å². The van der Waals surface area contributed by atoms with Crippen molar-refractivity contribution < 1.29 is 18.4 Å². The molecule has 10 nitrogen and oxygen atoms in total. The molecule has 13 heteroatoms. The van der Waals surface area contributed by atoms with Gasteiger partial charge in [0.1, 0.15) is 0 Å². The van der Waals surface area contributed by atoms with Crippen LogP contribution in [-0.4, -0.2) is 63.3 Å². The van der Waals surface area contributed by atoms with Gasteiger partial charge in [-0.1, -0.05) is 23.5 Å². The van der Waals surface area contributed by atoms with E-state index in [1.807, 2.05) is 12.1 Å². The van der Waals surface area contributed by atoms with Gasteiger partial charge in [0.15, 0.2) is 5.82 Å². The summed E-state index contributed by atoms with van der Waals surface area (Å²) in [5, 5.41) is 26.2. The highest BCUT2D eigenvalue weighted by Crippen LogP contribution is 2.33. The zero-order valence-electron chi connectivity index (χ0n) is 20.6. The number of nitrogens with zero attached hydrogens (tertiary/aromatic N) is 5. The average molecular weight is 543 g/mol. The third-order valence-corrected chi connectivity index (χ3v) is 7.45. The van der Waals surface area contributed by atoms with Crippen molar-refractivity contribution in [3.8, 4) is 0 Å². The van der Waals surface area contributed by atoms with Gasteiger partial charge in [-0.25, -0.2) is 8.78 Å². The van der Waals surface area contributed by atoms with Gasteiger partial charge in [0, 0.05) is 49.8 Å². The smallest absolute Gasteiger partial charge is 0.251 e. The van der Waals surface area contributed by atoms with E-state index < -0.39 is 5.92 Å². The van der Waals surface area contributed by atoms with Gasteiger partial charge in [-0.05, 0) is 49.1 Å². The second-order valence-corrected chi connectivity index (χ2v) is 10.6. The van der Waals surface area contributed by atoms with E-state index in [0.717, 1.165) is 25.3 Å². The van der Waals surface area contributed by atoms with Crippen molar-refractivity contribution in [1.29, 1.82) is 0 Å². The molecule has 1 saturated heterocycles. The van der Waals surface area contributed by atoms with E-state index in [0.29, 0.717) is 21.4 Å². The van der Waals surface area contributed by atoms with Crippen molar-refractivity contribution in [1.82, 2.24) is 25.7 Å². The summed E-state index contributed by atoms with van der Waals surface area (Å²) in [6.45, 7) is 1.61. The zero-order chi connectivity index (χ0) is 26.5. The van der Waals surface area contributed by atoms with E-state index in [-0.39, 0.29) is 56.0 Å². The largest absolute Gasteiger partial charge is 0.355 e. The van der Waals surface area contributed by atoms with Crippen LogP contribution in [-0.2, 0) is 11.2 Å². The fourth-order valence-corrected chi connectivity index (χ4v) is 5.42. The normalized spacial score (nSPS) is 19.2. The molecule has 3 heterocycles. The first-order valence-electron chi connectivity index (χ1n) is 12.5. The number of carbonyl (C=O) groups excluding carboxylic acids is 2. The zero-order valence-corrected chi connectivity index (χ0v) is 21.4. The summed E-state index contributed by atoms with van der Waals surface area (Å²) in [7, 11) is 0. The van der Waals surface area contributed by atoms with Crippen molar-refractivity contribution in [2.45, 2.75) is 56.5 Å².